The molecule has 1 N–H and O–H groups in total. The van der Waals surface area contributed by atoms with Gasteiger partial charge in [-0.15, -0.1) is 0 Å². The van der Waals surface area contributed by atoms with Crippen molar-refractivity contribution in [2.75, 3.05) is 7.11 Å². The molecule has 2 rings (SSSR count). The van der Waals surface area contributed by atoms with E-state index in [4.69, 9.17) is 16.3 Å². The van der Waals surface area contributed by atoms with Crippen molar-refractivity contribution in [2.24, 2.45) is 0 Å². The lowest BCUT2D eigenvalue weighted by molar-refractivity contribution is 0.415. The molecule has 0 amide bonds. The van der Waals surface area contributed by atoms with E-state index in [2.05, 4.69) is 4.98 Å². The molecular formula is C11H10ClNO2. The van der Waals surface area contributed by atoms with Gasteiger partial charge >= 0.3 is 0 Å². The Labute approximate surface area is 91.6 Å². The number of aromatic nitrogens is 1. The summed E-state index contributed by atoms with van der Waals surface area (Å²) in [4.78, 5) is 14.7. The first kappa shape index (κ1) is 10.1. The maximum absolute atomic E-state index is 11.7. The van der Waals surface area contributed by atoms with Crippen molar-refractivity contribution in [1.29, 1.82) is 0 Å². The van der Waals surface area contributed by atoms with E-state index in [1.807, 2.05) is 13.0 Å². The topological polar surface area (TPSA) is 42.1 Å². The summed E-state index contributed by atoms with van der Waals surface area (Å²) in [6, 6.07) is 3.55. The van der Waals surface area contributed by atoms with Gasteiger partial charge in [0.05, 0.1) is 18.0 Å². The Balaban J connectivity index is 2.93. The van der Waals surface area contributed by atoms with Crippen LogP contribution in [0.3, 0.4) is 0 Å². The van der Waals surface area contributed by atoms with E-state index in [1.54, 1.807) is 13.2 Å². The summed E-state index contributed by atoms with van der Waals surface area (Å²) in [6.07, 6.45) is 1.51. The third kappa shape index (κ3) is 1.59. The summed E-state index contributed by atoms with van der Waals surface area (Å²) in [5, 5.41) is 0.745. The highest BCUT2D eigenvalue weighted by Gasteiger charge is 2.07. The number of aromatic amines is 1. The molecule has 4 heteroatoms. The van der Waals surface area contributed by atoms with E-state index in [9.17, 15) is 4.79 Å². The van der Waals surface area contributed by atoms with Crippen LogP contribution in [0, 0.1) is 6.92 Å². The van der Waals surface area contributed by atoms with E-state index < -0.39 is 0 Å². The van der Waals surface area contributed by atoms with Crippen LogP contribution in [0.25, 0.3) is 10.9 Å². The van der Waals surface area contributed by atoms with E-state index in [0.717, 1.165) is 11.1 Å². The molecule has 0 saturated heterocycles. The van der Waals surface area contributed by atoms with Gasteiger partial charge in [0.15, 0.2) is 0 Å². The highest BCUT2D eigenvalue weighted by Crippen LogP contribution is 2.21. The number of halogens is 1. The smallest absolute Gasteiger partial charge is 0.208 e. The monoisotopic (exact) mass is 223 g/mol. The Kier molecular flexibility index (Phi) is 2.40. The number of methoxy groups -OCH3 is 1. The van der Waals surface area contributed by atoms with Crippen LogP contribution in [-0.4, -0.2) is 12.1 Å². The highest BCUT2D eigenvalue weighted by molar-refractivity contribution is 6.31. The van der Waals surface area contributed by atoms with Crippen LogP contribution >= 0.6 is 11.6 Å². The van der Waals surface area contributed by atoms with Crippen molar-refractivity contribution in [3.8, 4) is 5.75 Å². The molecule has 15 heavy (non-hydrogen) atoms. The molecule has 0 radical (unpaired) electrons. The number of hydrogen-bond donors (Lipinski definition) is 1. The lowest BCUT2D eigenvalue weighted by Crippen LogP contribution is -2.04. The fourth-order valence-electron chi connectivity index (χ4n) is 1.57. The predicted octanol–water partition coefficient (Wildman–Crippen LogP) is 2.50. The second-order valence-electron chi connectivity index (χ2n) is 3.33. The van der Waals surface area contributed by atoms with Crippen LogP contribution in [0.2, 0.25) is 5.02 Å². The number of pyridine rings is 1. The summed E-state index contributed by atoms with van der Waals surface area (Å²) < 4.78 is 5.10. The zero-order valence-corrected chi connectivity index (χ0v) is 9.18. The molecule has 3 nitrogen and oxygen atoms in total. The van der Waals surface area contributed by atoms with Gasteiger partial charge in [0, 0.05) is 6.20 Å². The maximum Gasteiger partial charge on any atom is 0.208 e. The van der Waals surface area contributed by atoms with Crippen molar-refractivity contribution in [2.45, 2.75) is 6.92 Å². The minimum absolute atomic E-state index is 0.174. The van der Waals surface area contributed by atoms with Gasteiger partial charge in [-0.3, -0.25) is 4.79 Å². The number of ether oxygens (including phenoxy) is 1. The van der Waals surface area contributed by atoms with Crippen molar-refractivity contribution < 1.29 is 4.74 Å². The number of H-pyrrole nitrogens is 1. The van der Waals surface area contributed by atoms with Gasteiger partial charge < -0.3 is 9.72 Å². The lowest BCUT2D eigenvalue weighted by atomic mass is 10.1. The van der Waals surface area contributed by atoms with E-state index in [0.29, 0.717) is 11.1 Å². The van der Waals surface area contributed by atoms with Crippen LogP contribution in [0.5, 0.6) is 5.75 Å². The number of benzene rings is 1. The quantitative estimate of drug-likeness (QED) is 0.807. The normalized spacial score (nSPS) is 10.6. The highest BCUT2D eigenvalue weighted by atomic mass is 35.5. The third-order valence-corrected chi connectivity index (χ3v) is 2.63. The molecule has 0 bridgehead atoms. The van der Waals surface area contributed by atoms with Crippen molar-refractivity contribution in [1.82, 2.24) is 4.98 Å². The second kappa shape index (κ2) is 3.59. The molecule has 78 valence electrons. The molecule has 0 spiro atoms. The Morgan fingerprint density at radius 2 is 2.13 bits per heavy atom. The van der Waals surface area contributed by atoms with Crippen LogP contribution in [0.15, 0.2) is 23.1 Å². The van der Waals surface area contributed by atoms with Crippen LogP contribution in [0.4, 0.5) is 0 Å². The predicted molar refractivity (Wildman–Crippen MR) is 60.9 cm³/mol. The maximum atomic E-state index is 11.7. The van der Waals surface area contributed by atoms with Gasteiger partial charge in [0.1, 0.15) is 10.8 Å². The third-order valence-electron chi connectivity index (χ3n) is 2.35. The van der Waals surface area contributed by atoms with E-state index in [1.165, 1.54) is 6.20 Å². The first-order valence-corrected chi connectivity index (χ1v) is 4.87. The number of nitrogens with one attached hydrogen (secondary N) is 1. The van der Waals surface area contributed by atoms with Gasteiger partial charge in [-0.1, -0.05) is 11.6 Å². The molecular weight excluding hydrogens is 214 g/mol. The minimum Gasteiger partial charge on any atom is -0.497 e. The summed E-state index contributed by atoms with van der Waals surface area (Å²) in [5.74, 6) is 0.660. The van der Waals surface area contributed by atoms with E-state index >= 15 is 0 Å². The summed E-state index contributed by atoms with van der Waals surface area (Å²) in [7, 11) is 1.57. The molecule has 0 aliphatic heterocycles. The lowest BCUT2D eigenvalue weighted by Gasteiger charge is -2.05. The number of fused-ring (bicyclic) bond motifs is 1. The summed E-state index contributed by atoms with van der Waals surface area (Å²) in [6.45, 7) is 1.91. The average Bonchev–Trinajstić information content (AvgIpc) is 2.23. The first-order chi connectivity index (χ1) is 7.13. The number of hydrogen-bond acceptors (Lipinski definition) is 2. The Morgan fingerprint density at radius 1 is 1.40 bits per heavy atom. The molecule has 2 aromatic rings. The molecule has 0 unspecified atom stereocenters. The molecule has 1 heterocycles. The molecule has 0 saturated carbocycles. The second-order valence-corrected chi connectivity index (χ2v) is 3.74. The molecule has 1 aromatic carbocycles. The minimum atomic E-state index is -0.174. The van der Waals surface area contributed by atoms with E-state index in [-0.39, 0.29) is 10.5 Å². The van der Waals surface area contributed by atoms with Crippen LogP contribution in [-0.2, 0) is 0 Å². The fourth-order valence-corrected chi connectivity index (χ4v) is 1.73. The number of aryl methyl sites for hydroxylation is 1. The Bertz CT molecular complexity index is 575. The largest absolute Gasteiger partial charge is 0.497 e. The molecule has 1 aromatic heterocycles. The molecule has 0 aliphatic carbocycles. The van der Waals surface area contributed by atoms with Gasteiger partial charge in [-0.25, -0.2) is 0 Å². The van der Waals surface area contributed by atoms with Crippen molar-refractivity contribution in [3.05, 3.63) is 39.1 Å². The SMILES string of the molecule is COc1cc(C)c2[nH]cc(Cl)c(=O)c2c1. The fraction of sp³-hybridized carbons (Fsp3) is 0.182. The van der Waals surface area contributed by atoms with Crippen molar-refractivity contribution >= 4 is 22.5 Å². The summed E-state index contributed by atoms with van der Waals surface area (Å²) in [5.41, 5.74) is 1.58. The van der Waals surface area contributed by atoms with Crippen LogP contribution < -0.4 is 10.2 Å². The molecule has 0 aliphatic rings. The van der Waals surface area contributed by atoms with Gasteiger partial charge in [0.2, 0.25) is 5.43 Å². The molecule has 0 atom stereocenters. The average molecular weight is 224 g/mol. The van der Waals surface area contributed by atoms with Crippen molar-refractivity contribution in [3.63, 3.8) is 0 Å². The van der Waals surface area contributed by atoms with Gasteiger partial charge in [-0.05, 0) is 24.6 Å². The first-order valence-electron chi connectivity index (χ1n) is 4.49. The zero-order chi connectivity index (χ0) is 11.0. The zero-order valence-electron chi connectivity index (χ0n) is 8.43. The number of rotatable bonds is 1. The molecule has 0 fully saturated rings. The van der Waals surface area contributed by atoms with Gasteiger partial charge in [0.25, 0.3) is 0 Å². The Morgan fingerprint density at radius 3 is 2.80 bits per heavy atom. The summed E-state index contributed by atoms with van der Waals surface area (Å²) >= 11 is 5.75. The van der Waals surface area contributed by atoms with Gasteiger partial charge in [-0.2, -0.15) is 0 Å². The Hall–Kier alpha value is -1.48. The standard InChI is InChI=1S/C11H10ClNO2/c1-6-3-7(15-2)4-8-10(6)13-5-9(12)11(8)14/h3-5H,1-2H3,(H,13,14). The van der Waals surface area contributed by atoms with Crippen LogP contribution in [0.1, 0.15) is 5.56 Å².